The van der Waals surface area contributed by atoms with Crippen molar-refractivity contribution in [3.8, 4) is 0 Å². The Bertz CT molecular complexity index is 714. The topological polar surface area (TPSA) is 105 Å². The maximum atomic E-state index is 11.7. The first-order chi connectivity index (χ1) is 10.5. The highest BCUT2D eigenvalue weighted by Gasteiger charge is 2.16. The third kappa shape index (κ3) is 4.20. The number of hydrogen-bond donors (Lipinski definition) is 2. The fourth-order valence-corrected chi connectivity index (χ4v) is 2.48. The Kier molecular flexibility index (Phi) is 5.36. The molecule has 0 spiro atoms. The number of hydrogen-bond acceptors (Lipinski definition) is 6. The average molecular weight is 384 g/mol. The van der Waals surface area contributed by atoms with Crippen molar-refractivity contribution < 1.29 is 14.8 Å². The second kappa shape index (κ2) is 7.25. The van der Waals surface area contributed by atoms with Crippen molar-refractivity contribution in [2.75, 3.05) is 0 Å². The van der Waals surface area contributed by atoms with Gasteiger partial charge in [-0.1, -0.05) is 39.4 Å². The van der Waals surface area contributed by atoms with E-state index in [9.17, 15) is 20.0 Å². The molecule has 0 saturated carbocycles. The van der Waals surface area contributed by atoms with Crippen molar-refractivity contribution in [1.29, 1.82) is 0 Å². The molecule has 1 aromatic carbocycles. The van der Waals surface area contributed by atoms with Gasteiger partial charge in [0.05, 0.1) is 16.0 Å². The first-order valence-corrected chi connectivity index (χ1v) is 7.59. The van der Waals surface area contributed by atoms with E-state index in [0.717, 1.165) is 15.8 Å². The van der Waals surface area contributed by atoms with Crippen LogP contribution in [-0.2, 0) is 4.79 Å². The quantitative estimate of drug-likeness (QED) is 0.470. The van der Waals surface area contributed by atoms with E-state index in [1.165, 1.54) is 18.3 Å². The number of nitrogens with zero attached hydrogens (tertiary/aromatic N) is 2. The molecule has 0 aliphatic rings. The minimum Gasteiger partial charge on any atom is -0.378 e. The minimum atomic E-state index is -1.34. The molecule has 0 unspecified atom stereocenters. The maximum absolute atomic E-state index is 11.7. The van der Waals surface area contributed by atoms with Crippen LogP contribution in [0.1, 0.15) is 16.5 Å². The maximum Gasteiger partial charge on any atom is 0.324 e. The summed E-state index contributed by atoms with van der Waals surface area (Å²) in [6, 6.07) is 9.51. The summed E-state index contributed by atoms with van der Waals surface area (Å²) >= 11 is 4.19. The summed E-state index contributed by atoms with van der Waals surface area (Å²) in [5.74, 6) is -0.690. The van der Waals surface area contributed by atoms with Crippen LogP contribution < -0.4 is 5.43 Å². The first kappa shape index (κ1) is 16.3. The van der Waals surface area contributed by atoms with Crippen LogP contribution in [0.25, 0.3) is 0 Å². The van der Waals surface area contributed by atoms with Gasteiger partial charge in [0.2, 0.25) is 0 Å². The number of thiophene rings is 1. The largest absolute Gasteiger partial charge is 0.378 e. The van der Waals surface area contributed by atoms with Gasteiger partial charge in [0.1, 0.15) is 0 Å². The van der Waals surface area contributed by atoms with Gasteiger partial charge >= 0.3 is 5.00 Å². The molecule has 0 radical (unpaired) electrons. The van der Waals surface area contributed by atoms with Crippen LogP contribution >= 0.6 is 27.3 Å². The van der Waals surface area contributed by atoms with Crippen LogP contribution in [0, 0.1) is 10.1 Å². The fraction of sp³-hybridized carbons (Fsp3) is 0.0769. The zero-order chi connectivity index (χ0) is 16.1. The van der Waals surface area contributed by atoms with E-state index in [0.29, 0.717) is 10.4 Å². The van der Waals surface area contributed by atoms with E-state index in [2.05, 4.69) is 26.5 Å². The van der Waals surface area contributed by atoms with Crippen molar-refractivity contribution in [1.82, 2.24) is 5.43 Å². The van der Waals surface area contributed by atoms with Gasteiger partial charge in [-0.05, 0) is 23.8 Å². The van der Waals surface area contributed by atoms with Gasteiger partial charge in [-0.15, -0.1) is 0 Å². The molecular formula is C13H10BrN3O4S. The molecule has 114 valence electrons. The number of hydrazone groups is 1. The zero-order valence-corrected chi connectivity index (χ0v) is 13.4. The van der Waals surface area contributed by atoms with Gasteiger partial charge in [-0.2, -0.15) is 5.10 Å². The lowest BCUT2D eigenvalue weighted by Gasteiger charge is -2.08. The molecule has 0 bridgehead atoms. The van der Waals surface area contributed by atoms with Gasteiger partial charge in [-0.25, -0.2) is 5.43 Å². The molecule has 1 amide bonds. The number of halogens is 1. The number of aliphatic hydroxyl groups is 1. The highest BCUT2D eigenvalue weighted by atomic mass is 79.9. The van der Waals surface area contributed by atoms with Gasteiger partial charge in [-0.3, -0.25) is 14.9 Å². The van der Waals surface area contributed by atoms with Crippen molar-refractivity contribution in [2.45, 2.75) is 6.10 Å². The molecule has 2 rings (SSSR count). The minimum absolute atomic E-state index is 0.0114. The summed E-state index contributed by atoms with van der Waals surface area (Å²) in [6.07, 6.45) is -0.0629. The van der Waals surface area contributed by atoms with Crippen LogP contribution in [0.3, 0.4) is 0 Å². The normalized spacial score (nSPS) is 12.3. The number of rotatable bonds is 5. The molecule has 0 fully saturated rings. The number of benzene rings is 1. The number of nitrogens with one attached hydrogen (secondary N) is 1. The molecule has 9 heteroatoms. The molecule has 1 aromatic heterocycles. The molecule has 0 aliphatic heterocycles. The summed E-state index contributed by atoms with van der Waals surface area (Å²) in [5, 5.41) is 24.1. The van der Waals surface area contributed by atoms with Gasteiger partial charge in [0, 0.05) is 10.5 Å². The van der Waals surface area contributed by atoms with Crippen LogP contribution in [-0.4, -0.2) is 22.2 Å². The molecule has 0 aliphatic carbocycles. The second-order valence-corrected chi connectivity index (χ2v) is 6.13. The Balaban J connectivity index is 1.95. The van der Waals surface area contributed by atoms with E-state index in [1.807, 2.05) is 0 Å². The van der Waals surface area contributed by atoms with Crippen molar-refractivity contribution in [3.05, 3.63) is 61.4 Å². The third-order valence-corrected chi connectivity index (χ3v) is 4.09. The van der Waals surface area contributed by atoms with Crippen molar-refractivity contribution in [2.24, 2.45) is 5.10 Å². The lowest BCUT2D eigenvalue weighted by atomic mass is 10.1. The van der Waals surface area contributed by atoms with Crippen LogP contribution in [0.5, 0.6) is 0 Å². The molecule has 1 atom stereocenters. The Morgan fingerprint density at radius 3 is 2.64 bits per heavy atom. The van der Waals surface area contributed by atoms with Crippen molar-refractivity contribution >= 4 is 44.4 Å². The number of carbonyl (C=O) groups is 1. The Hall–Kier alpha value is -2.10. The summed E-state index contributed by atoms with van der Waals surface area (Å²) in [4.78, 5) is 22.3. The SMILES string of the molecule is O=C(N/N=C\c1ccc([N+](=O)[O-])s1)[C@@H](O)c1ccc(Br)cc1. The molecule has 7 nitrogen and oxygen atoms in total. The zero-order valence-electron chi connectivity index (χ0n) is 11.0. The number of nitro groups is 1. The summed E-state index contributed by atoms with van der Waals surface area (Å²) < 4.78 is 0.834. The van der Waals surface area contributed by atoms with E-state index >= 15 is 0 Å². The molecule has 22 heavy (non-hydrogen) atoms. The monoisotopic (exact) mass is 383 g/mol. The van der Waals surface area contributed by atoms with E-state index in [1.54, 1.807) is 24.3 Å². The highest BCUT2D eigenvalue weighted by Crippen LogP contribution is 2.22. The highest BCUT2D eigenvalue weighted by molar-refractivity contribution is 9.10. The molecule has 1 heterocycles. The van der Waals surface area contributed by atoms with Crippen LogP contribution in [0.2, 0.25) is 0 Å². The van der Waals surface area contributed by atoms with Crippen molar-refractivity contribution in [3.63, 3.8) is 0 Å². The average Bonchev–Trinajstić information content (AvgIpc) is 2.96. The Labute approximate surface area is 137 Å². The molecule has 2 aromatic rings. The number of amides is 1. The van der Waals surface area contributed by atoms with Gasteiger partial charge < -0.3 is 5.11 Å². The van der Waals surface area contributed by atoms with E-state index in [-0.39, 0.29) is 5.00 Å². The molecule has 0 saturated heterocycles. The predicted octanol–water partition coefficient (Wildman–Crippen LogP) is 2.60. The Morgan fingerprint density at radius 2 is 2.05 bits per heavy atom. The fourth-order valence-electron chi connectivity index (χ4n) is 1.53. The second-order valence-electron chi connectivity index (χ2n) is 4.12. The summed E-state index contributed by atoms with van der Waals surface area (Å²) in [5.41, 5.74) is 2.62. The number of aliphatic hydroxyl groups excluding tert-OH is 1. The van der Waals surface area contributed by atoms with Crippen LogP contribution in [0.4, 0.5) is 5.00 Å². The summed E-state index contributed by atoms with van der Waals surface area (Å²) in [6.45, 7) is 0. The summed E-state index contributed by atoms with van der Waals surface area (Å²) in [7, 11) is 0. The van der Waals surface area contributed by atoms with Gasteiger partial charge in [0.25, 0.3) is 5.91 Å². The third-order valence-electron chi connectivity index (χ3n) is 2.59. The number of carbonyl (C=O) groups excluding carboxylic acids is 1. The smallest absolute Gasteiger partial charge is 0.324 e. The first-order valence-electron chi connectivity index (χ1n) is 5.98. The van der Waals surface area contributed by atoms with E-state index in [4.69, 9.17) is 0 Å². The predicted molar refractivity (Wildman–Crippen MR) is 85.8 cm³/mol. The Morgan fingerprint density at radius 1 is 1.36 bits per heavy atom. The standard InChI is InChI=1S/C13H10BrN3O4S/c14-9-3-1-8(2-4-9)12(18)13(19)16-15-7-10-5-6-11(22-10)17(20)21/h1-7,12,18H,(H,16,19)/b15-7-/t12-/m0/s1. The molecule has 2 N–H and O–H groups in total. The lowest BCUT2D eigenvalue weighted by Crippen LogP contribution is -2.25. The molecular weight excluding hydrogens is 374 g/mol. The van der Waals surface area contributed by atoms with Gasteiger partial charge in [0.15, 0.2) is 6.10 Å². The van der Waals surface area contributed by atoms with E-state index < -0.39 is 16.9 Å². The lowest BCUT2D eigenvalue weighted by molar-refractivity contribution is -0.380. The van der Waals surface area contributed by atoms with Crippen LogP contribution in [0.15, 0.2) is 46.0 Å².